The number of benzene rings is 3. The second kappa shape index (κ2) is 11.6. The highest BCUT2D eigenvalue weighted by molar-refractivity contribution is 7.99. The zero-order valence-corrected chi connectivity index (χ0v) is 24.6. The zero-order valence-electron chi connectivity index (χ0n) is 22.1. The van der Waals surface area contributed by atoms with E-state index in [1.54, 1.807) is 22.7 Å². The number of amides is 1. The maximum atomic E-state index is 13.3. The molecule has 1 amide bonds. The van der Waals surface area contributed by atoms with E-state index >= 15 is 0 Å². The van der Waals surface area contributed by atoms with Crippen LogP contribution >= 0.6 is 34.4 Å². The van der Waals surface area contributed by atoms with E-state index in [0.717, 1.165) is 52.7 Å². The summed E-state index contributed by atoms with van der Waals surface area (Å²) in [6, 6.07) is 27.3. The van der Waals surface area contributed by atoms with Gasteiger partial charge in [-0.3, -0.25) is 9.69 Å². The maximum absolute atomic E-state index is 13.3. The van der Waals surface area contributed by atoms with Crippen LogP contribution in [-0.2, 0) is 30.7 Å². The summed E-state index contributed by atoms with van der Waals surface area (Å²) in [5.74, 6) is 0.0152. The van der Waals surface area contributed by atoms with Crippen LogP contribution in [0.25, 0.3) is 20.8 Å². The van der Waals surface area contributed by atoms with Gasteiger partial charge in [-0.15, -0.1) is 34.4 Å². The standard InChI is InChI=1S/C32H31N3OS3/c1-21(2)37-24-14-12-22(13-15-24)18-29(36)34-32-30(31-33-26-10-6-7-11-27(26)38-31)25-16-17-35(20-28(25)39-32)19-23-8-4-3-5-9-23/h3-15,21H,16-20H2,1-2H3,(H,34,36). The van der Waals surface area contributed by atoms with Gasteiger partial charge in [0.1, 0.15) is 10.0 Å². The maximum Gasteiger partial charge on any atom is 0.229 e. The number of rotatable bonds is 8. The van der Waals surface area contributed by atoms with Crippen LogP contribution in [0.15, 0.2) is 83.8 Å². The lowest BCUT2D eigenvalue weighted by Crippen LogP contribution is -2.29. The third kappa shape index (κ3) is 6.12. The Morgan fingerprint density at radius 3 is 2.51 bits per heavy atom. The van der Waals surface area contributed by atoms with Gasteiger partial charge in [0.25, 0.3) is 0 Å². The Morgan fingerprint density at radius 2 is 1.74 bits per heavy atom. The van der Waals surface area contributed by atoms with E-state index < -0.39 is 0 Å². The molecule has 3 aromatic carbocycles. The Hall–Kier alpha value is -2.97. The molecule has 7 heteroatoms. The fraction of sp³-hybridized carbons (Fsp3) is 0.250. The van der Waals surface area contributed by atoms with E-state index in [-0.39, 0.29) is 5.91 Å². The number of fused-ring (bicyclic) bond motifs is 2. The van der Waals surface area contributed by atoms with Crippen LogP contribution in [-0.4, -0.2) is 27.6 Å². The van der Waals surface area contributed by atoms with Crippen LogP contribution in [0.3, 0.4) is 0 Å². The van der Waals surface area contributed by atoms with Gasteiger partial charge in [0.2, 0.25) is 5.91 Å². The first kappa shape index (κ1) is 26.3. The molecule has 5 aromatic rings. The van der Waals surface area contributed by atoms with Crippen LogP contribution < -0.4 is 5.32 Å². The minimum Gasteiger partial charge on any atom is -0.317 e. The van der Waals surface area contributed by atoms with E-state index in [2.05, 4.69) is 96.9 Å². The molecule has 0 saturated heterocycles. The highest BCUT2D eigenvalue weighted by Gasteiger charge is 2.28. The summed E-state index contributed by atoms with van der Waals surface area (Å²) in [6.45, 7) is 7.19. The van der Waals surface area contributed by atoms with E-state index in [1.165, 1.54) is 25.6 Å². The molecule has 2 aromatic heterocycles. The molecule has 0 aliphatic carbocycles. The molecule has 3 heterocycles. The monoisotopic (exact) mass is 569 g/mol. The van der Waals surface area contributed by atoms with Gasteiger partial charge in [0.15, 0.2) is 0 Å². The number of thiophene rings is 1. The summed E-state index contributed by atoms with van der Waals surface area (Å²) in [5.41, 5.74) is 5.82. The number of para-hydroxylation sites is 1. The fourth-order valence-electron chi connectivity index (χ4n) is 5.04. The van der Waals surface area contributed by atoms with Gasteiger partial charge < -0.3 is 5.32 Å². The van der Waals surface area contributed by atoms with Crippen LogP contribution in [0.5, 0.6) is 0 Å². The van der Waals surface area contributed by atoms with Crippen molar-refractivity contribution in [1.29, 1.82) is 0 Å². The summed E-state index contributed by atoms with van der Waals surface area (Å²) >= 11 is 5.27. The normalized spacial score (nSPS) is 13.6. The third-order valence-corrected chi connectivity index (χ3v) is 10.0. The van der Waals surface area contributed by atoms with Crippen molar-refractivity contribution < 1.29 is 4.79 Å². The SMILES string of the molecule is CC(C)Sc1ccc(CC(=O)Nc2sc3c(c2-c2nc4ccccc4s2)CCN(Cc2ccccc2)C3)cc1. The minimum atomic E-state index is 0.0152. The zero-order chi connectivity index (χ0) is 26.8. The van der Waals surface area contributed by atoms with Crippen molar-refractivity contribution in [3.8, 4) is 10.6 Å². The van der Waals surface area contributed by atoms with Crippen LogP contribution in [0.2, 0.25) is 0 Å². The summed E-state index contributed by atoms with van der Waals surface area (Å²) in [5, 5.41) is 5.75. The van der Waals surface area contributed by atoms with E-state index in [1.807, 2.05) is 17.8 Å². The van der Waals surface area contributed by atoms with Gasteiger partial charge in [-0.25, -0.2) is 4.98 Å². The molecule has 6 rings (SSSR count). The topological polar surface area (TPSA) is 45.2 Å². The Bertz CT molecular complexity index is 1560. The number of hydrogen-bond acceptors (Lipinski definition) is 6. The second-order valence-electron chi connectivity index (χ2n) is 10.2. The molecule has 198 valence electrons. The summed E-state index contributed by atoms with van der Waals surface area (Å²) in [4.78, 5) is 23.3. The number of thiazole rings is 1. The molecule has 4 nitrogen and oxygen atoms in total. The molecule has 0 saturated carbocycles. The average molecular weight is 570 g/mol. The Labute approximate surface area is 242 Å². The van der Waals surface area contributed by atoms with Gasteiger partial charge >= 0.3 is 0 Å². The van der Waals surface area contributed by atoms with Crippen molar-refractivity contribution in [3.63, 3.8) is 0 Å². The van der Waals surface area contributed by atoms with Crippen molar-refractivity contribution in [3.05, 3.63) is 100 Å². The number of thioether (sulfide) groups is 1. The van der Waals surface area contributed by atoms with Gasteiger partial charge in [-0.2, -0.15) is 0 Å². The highest BCUT2D eigenvalue weighted by Crippen LogP contribution is 2.46. The molecule has 1 aliphatic heterocycles. The number of nitrogens with one attached hydrogen (secondary N) is 1. The quantitative estimate of drug-likeness (QED) is 0.191. The highest BCUT2D eigenvalue weighted by atomic mass is 32.2. The average Bonchev–Trinajstić information content (AvgIpc) is 3.50. The Morgan fingerprint density at radius 1 is 0.974 bits per heavy atom. The largest absolute Gasteiger partial charge is 0.317 e. The van der Waals surface area contributed by atoms with Crippen LogP contribution in [0, 0.1) is 0 Å². The van der Waals surface area contributed by atoms with E-state index in [0.29, 0.717) is 11.7 Å². The number of carbonyl (C=O) groups excluding carboxylic acids is 1. The molecule has 1 aliphatic rings. The first-order valence-corrected chi connectivity index (χ1v) is 15.9. The molecule has 1 N–H and O–H groups in total. The summed E-state index contributed by atoms with van der Waals surface area (Å²) < 4.78 is 1.17. The first-order valence-electron chi connectivity index (χ1n) is 13.3. The Kier molecular flexibility index (Phi) is 7.84. The number of hydrogen-bond donors (Lipinski definition) is 1. The number of nitrogens with zero attached hydrogens (tertiary/aromatic N) is 2. The predicted octanol–water partition coefficient (Wildman–Crippen LogP) is 8.26. The lowest BCUT2D eigenvalue weighted by atomic mass is 10.0. The molecule has 0 atom stereocenters. The molecule has 39 heavy (non-hydrogen) atoms. The van der Waals surface area contributed by atoms with Gasteiger partial charge in [-0.05, 0) is 47.4 Å². The predicted molar refractivity (Wildman–Crippen MR) is 167 cm³/mol. The summed E-state index contributed by atoms with van der Waals surface area (Å²) in [7, 11) is 0. The van der Waals surface area contributed by atoms with Crippen molar-refractivity contribution in [2.75, 3.05) is 11.9 Å². The third-order valence-electron chi connectivity index (χ3n) is 6.81. The molecule has 0 unspecified atom stereocenters. The first-order chi connectivity index (χ1) is 19.0. The molecular weight excluding hydrogens is 539 g/mol. The smallest absolute Gasteiger partial charge is 0.229 e. The van der Waals surface area contributed by atoms with Crippen LogP contribution in [0.4, 0.5) is 5.00 Å². The van der Waals surface area contributed by atoms with E-state index in [4.69, 9.17) is 4.98 Å². The van der Waals surface area contributed by atoms with Crippen molar-refractivity contribution in [1.82, 2.24) is 9.88 Å². The van der Waals surface area contributed by atoms with Crippen molar-refractivity contribution >= 4 is 55.6 Å². The number of anilines is 1. The molecule has 0 radical (unpaired) electrons. The van der Waals surface area contributed by atoms with Gasteiger partial charge in [0, 0.05) is 40.2 Å². The molecule has 0 fully saturated rings. The molecule has 0 bridgehead atoms. The summed E-state index contributed by atoms with van der Waals surface area (Å²) in [6.07, 6.45) is 1.31. The number of carbonyl (C=O) groups is 1. The van der Waals surface area contributed by atoms with Crippen LogP contribution in [0.1, 0.15) is 35.4 Å². The van der Waals surface area contributed by atoms with Gasteiger partial charge in [-0.1, -0.05) is 68.4 Å². The minimum absolute atomic E-state index is 0.0152. The molecular formula is C32H31N3OS3. The lowest BCUT2D eigenvalue weighted by molar-refractivity contribution is -0.115. The van der Waals surface area contributed by atoms with Crippen molar-refractivity contribution in [2.24, 2.45) is 0 Å². The van der Waals surface area contributed by atoms with Gasteiger partial charge in [0.05, 0.1) is 16.6 Å². The second-order valence-corrected chi connectivity index (χ2v) is 14.0. The fourth-order valence-corrected chi connectivity index (χ4v) is 8.29. The van der Waals surface area contributed by atoms with Crippen molar-refractivity contribution in [2.45, 2.75) is 49.9 Å². The van der Waals surface area contributed by atoms with E-state index in [9.17, 15) is 4.79 Å². The lowest BCUT2D eigenvalue weighted by Gasteiger charge is -2.27. The Balaban J connectivity index is 1.27. The molecule has 0 spiro atoms. The number of aromatic nitrogens is 1.